The third kappa shape index (κ3) is 4.13. The minimum atomic E-state index is -0.121. The minimum absolute atomic E-state index is 0.121. The number of anilines is 1. The molecule has 4 nitrogen and oxygen atoms in total. The third-order valence-corrected chi connectivity index (χ3v) is 5.61. The molecule has 4 aromatic rings. The molecule has 3 aromatic carbocycles. The van der Waals surface area contributed by atoms with Crippen LogP contribution in [0.3, 0.4) is 0 Å². The third-order valence-electron chi connectivity index (χ3n) is 5.61. The molecule has 30 heavy (non-hydrogen) atoms. The van der Waals surface area contributed by atoms with Crippen LogP contribution in [0.15, 0.2) is 71.1 Å². The number of fused-ring (bicyclic) bond motifs is 1. The Morgan fingerprint density at radius 1 is 1.00 bits per heavy atom. The summed E-state index contributed by atoms with van der Waals surface area (Å²) in [5, 5.41) is 2.94. The molecule has 0 saturated heterocycles. The molecule has 1 atom stereocenters. The molecule has 0 fully saturated rings. The van der Waals surface area contributed by atoms with Crippen molar-refractivity contribution >= 4 is 22.7 Å². The van der Waals surface area contributed by atoms with Crippen LogP contribution >= 0.6 is 0 Å². The van der Waals surface area contributed by atoms with E-state index in [0.717, 1.165) is 35.2 Å². The highest BCUT2D eigenvalue weighted by molar-refractivity contribution is 6.04. The smallest absolute Gasteiger partial charge is 0.255 e. The Kier molecular flexibility index (Phi) is 5.66. The molecule has 0 aliphatic heterocycles. The van der Waals surface area contributed by atoms with Crippen molar-refractivity contribution in [3.63, 3.8) is 0 Å². The number of carbonyl (C=O) groups is 1. The van der Waals surface area contributed by atoms with E-state index in [1.54, 1.807) is 0 Å². The van der Waals surface area contributed by atoms with Crippen LogP contribution in [0.2, 0.25) is 0 Å². The number of hydrogen-bond acceptors (Lipinski definition) is 3. The standard InChI is InChI=1S/C26H26N2O2/c1-4-17(3)21-12-15-24-23(16-21)28-26(30-24)20-10-13-22(14-11-20)27-25(29)19-8-6-18(5-2)7-9-19/h6-17H,4-5H2,1-3H3,(H,27,29)/t17-/m0/s1. The van der Waals surface area contributed by atoms with Gasteiger partial charge in [0.15, 0.2) is 5.58 Å². The predicted octanol–water partition coefficient (Wildman–Crippen LogP) is 6.82. The lowest BCUT2D eigenvalue weighted by Gasteiger charge is -2.07. The van der Waals surface area contributed by atoms with Gasteiger partial charge in [0, 0.05) is 16.8 Å². The Hall–Kier alpha value is -3.40. The van der Waals surface area contributed by atoms with Gasteiger partial charge in [-0.25, -0.2) is 4.98 Å². The Labute approximate surface area is 177 Å². The second-order valence-corrected chi connectivity index (χ2v) is 7.64. The van der Waals surface area contributed by atoms with E-state index in [9.17, 15) is 4.79 Å². The number of aromatic nitrogens is 1. The molecule has 152 valence electrons. The fourth-order valence-corrected chi connectivity index (χ4v) is 3.40. The van der Waals surface area contributed by atoms with E-state index in [4.69, 9.17) is 4.42 Å². The van der Waals surface area contributed by atoms with Gasteiger partial charge in [0.25, 0.3) is 5.91 Å². The van der Waals surface area contributed by atoms with Crippen LogP contribution in [0, 0.1) is 0 Å². The molecule has 1 amide bonds. The van der Waals surface area contributed by atoms with Crippen molar-refractivity contribution in [1.82, 2.24) is 4.98 Å². The molecule has 0 unspecified atom stereocenters. The SMILES string of the molecule is CCc1ccc(C(=O)Nc2ccc(-c3nc4cc([C@@H](C)CC)ccc4o3)cc2)cc1. The summed E-state index contributed by atoms with van der Waals surface area (Å²) in [6.07, 6.45) is 2.05. The van der Waals surface area contributed by atoms with Gasteiger partial charge in [-0.1, -0.05) is 39.0 Å². The maximum absolute atomic E-state index is 12.5. The quantitative estimate of drug-likeness (QED) is 0.387. The zero-order valence-corrected chi connectivity index (χ0v) is 17.6. The molecule has 0 radical (unpaired) electrons. The van der Waals surface area contributed by atoms with Crippen LogP contribution in [-0.4, -0.2) is 10.9 Å². The van der Waals surface area contributed by atoms with E-state index in [-0.39, 0.29) is 5.91 Å². The van der Waals surface area contributed by atoms with Crippen LogP contribution in [0.5, 0.6) is 0 Å². The molecule has 0 aliphatic rings. The average molecular weight is 399 g/mol. The molecule has 1 N–H and O–H groups in total. The highest BCUT2D eigenvalue weighted by Crippen LogP contribution is 2.28. The van der Waals surface area contributed by atoms with Crippen LogP contribution in [0.4, 0.5) is 5.69 Å². The first-order valence-electron chi connectivity index (χ1n) is 10.5. The summed E-state index contributed by atoms with van der Waals surface area (Å²) < 4.78 is 5.94. The topological polar surface area (TPSA) is 55.1 Å². The van der Waals surface area contributed by atoms with Crippen LogP contribution < -0.4 is 5.32 Å². The van der Waals surface area contributed by atoms with Crippen LogP contribution in [0.1, 0.15) is 54.6 Å². The normalized spacial score (nSPS) is 12.1. The number of aryl methyl sites for hydroxylation is 1. The van der Waals surface area contributed by atoms with Crippen molar-refractivity contribution in [1.29, 1.82) is 0 Å². The van der Waals surface area contributed by atoms with Gasteiger partial charge in [-0.2, -0.15) is 0 Å². The van der Waals surface area contributed by atoms with Gasteiger partial charge in [-0.05, 0) is 78.4 Å². The monoisotopic (exact) mass is 398 g/mol. The highest BCUT2D eigenvalue weighted by atomic mass is 16.3. The molecule has 1 heterocycles. The lowest BCUT2D eigenvalue weighted by Crippen LogP contribution is -2.11. The number of hydrogen-bond donors (Lipinski definition) is 1. The first kappa shape index (κ1) is 19.9. The number of nitrogens with zero attached hydrogens (tertiary/aromatic N) is 1. The summed E-state index contributed by atoms with van der Waals surface area (Å²) in [5.74, 6) is 0.958. The maximum atomic E-state index is 12.5. The van der Waals surface area contributed by atoms with Crippen molar-refractivity contribution in [2.24, 2.45) is 0 Å². The lowest BCUT2D eigenvalue weighted by molar-refractivity contribution is 0.102. The minimum Gasteiger partial charge on any atom is -0.436 e. The van der Waals surface area contributed by atoms with Crippen molar-refractivity contribution in [3.05, 3.63) is 83.4 Å². The van der Waals surface area contributed by atoms with E-state index < -0.39 is 0 Å². The number of oxazole rings is 1. The number of rotatable bonds is 6. The molecular formula is C26H26N2O2. The van der Waals surface area contributed by atoms with Crippen molar-refractivity contribution < 1.29 is 9.21 Å². The number of benzene rings is 3. The maximum Gasteiger partial charge on any atom is 0.255 e. The Balaban J connectivity index is 1.50. The largest absolute Gasteiger partial charge is 0.436 e. The van der Waals surface area contributed by atoms with E-state index >= 15 is 0 Å². The van der Waals surface area contributed by atoms with Crippen molar-refractivity contribution in [2.45, 2.75) is 39.5 Å². The summed E-state index contributed by atoms with van der Waals surface area (Å²) in [6.45, 7) is 6.50. The molecule has 0 bridgehead atoms. The highest BCUT2D eigenvalue weighted by Gasteiger charge is 2.12. The molecule has 0 spiro atoms. The van der Waals surface area contributed by atoms with E-state index in [1.807, 2.05) is 54.6 Å². The number of amides is 1. The Morgan fingerprint density at radius 3 is 2.40 bits per heavy atom. The molecule has 0 saturated carbocycles. The van der Waals surface area contributed by atoms with Gasteiger partial charge in [0.1, 0.15) is 5.52 Å². The summed E-state index contributed by atoms with van der Waals surface area (Å²) in [6, 6.07) is 21.4. The zero-order valence-electron chi connectivity index (χ0n) is 17.6. The fourth-order valence-electron chi connectivity index (χ4n) is 3.40. The second kappa shape index (κ2) is 8.54. The Morgan fingerprint density at radius 2 is 1.73 bits per heavy atom. The van der Waals surface area contributed by atoms with Gasteiger partial charge in [0.05, 0.1) is 0 Å². The average Bonchev–Trinajstić information content (AvgIpc) is 3.22. The summed E-state index contributed by atoms with van der Waals surface area (Å²) in [7, 11) is 0. The summed E-state index contributed by atoms with van der Waals surface area (Å²) >= 11 is 0. The Bertz CT molecular complexity index is 1160. The zero-order chi connectivity index (χ0) is 21.1. The van der Waals surface area contributed by atoms with E-state index in [0.29, 0.717) is 17.4 Å². The molecule has 4 rings (SSSR count). The van der Waals surface area contributed by atoms with Gasteiger partial charge < -0.3 is 9.73 Å². The number of nitrogens with one attached hydrogen (secondary N) is 1. The van der Waals surface area contributed by atoms with Crippen LogP contribution in [0.25, 0.3) is 22.6 Å². The second-order valence-electron chi connectivity index (χ2n) is 7.64. The first-order valence-corrected chi connectivity index (χ1v) is 10.5. The molecule has 1 aromatic heterocycles. The van der Waals surface area contributed by atoms with Crippen molar-refractivity contribution in [2.75, 3.05) is 5.32 Å². The molecular weight excluding hydrogens is 372 g/mol. The summed E-state index contributed by atoms with van der Waals surface area (Å²) in [5.41, 5.74) is 6.40. The predicted molar refractivity (Wildman–Crippen MR) is 122 cm³/mol. The van der Waals surface area contributed by atoms with Gasteiger partial charge in [0.2, 0.25) is 5.89 Å². The lowest BCUT2D eigenvalue weighted by atomic mass is 9.98. The fraction of sp³-hybridized carbons (Fsp3) is 0.231. The van der Waals surface area contributed by atoms with Crippen LogP contribution in [-0.2, 0) is 6.42 Å². The number of carbonyl (C=O) groups excluding carboxylic acids is 1. The van der Waals surface area contributed by atoms with Crippen molar-refractivity contribution in [3.8, 4) is 11.5 Å². The van der Waals surface area contributed by atoms with Gasteiger partial charge in [-0.3, -0.25) is 4.79 Å². The first-order chi connectivity index (χ1) is 14.6. The molecule has 0 aliphatic carbocycles. The van der Waals surface area contributed by atoms with E-state index in [1.165, 1.54) is 11.1 Å². The molecule has 4 heteroatoms. The van der Waals surface area contributed by atoms with Gasteiger partial charge in [-0.15, -0.1) is 0 Å². The summed E-state index contributed by atoms with van der Waals surface area (Å²) in [4.78, 5) is 17.1. The van der Waals surface area contributed by atoms with E-state index in [2.05, 4.69) is 43.2 Å². The van der Waals surface area contributed by atoms with Gasteiger partial charge >= 0.3 is 0 Å².